The van der Waals surface area contributed by atoms with E-state index in [9.17, 15) is 4.79 Å². The SMILES string of the molecule is C[C@@H](N)c1ccc(Br)cc1OCC(=O)NCCC#N. The van der Waals surface area contributed by atoms with Gasteiger partial charge in [0.05, 0.1) is 12.5 Å². The highest BCUT2D eigenvalue weighted by Crippen LogP contribution is 2.27. The molecule has 0 unspecified atom stereocenters. The third-order valence-corrected chi connectivity index (χ3v) is 2.88. The molecule has 0 aromatic heterocycles. The van der Waals surface area contributed by atoms with Gasteiger partial charge in [0.15, 0.2) is 6.61 Å². The van der Waals surface area contributed by atoms with Gasteiger partial charge in [-0.3, -0.25) is 4.79 Å². The number of amides is 1. The summed E-state index contributed by atoms with van der Waals surface area (Å²) in [5, 5.41) is 11.0. The minimum atomic E-state index is -0.258. The molecule has 19 heavy (non-hydrogen) atoms. The second kappa shape index (κ2) is 7.77. The quantitative estimate of drug-likeness (QED) is 0.781. The summed E-state index contributed by atoms with van der Waals surface area (Å²) >= 11 is 3.35. The molecule has 6 heteroatoms. The lowest BCUT2D eigenvalue weighted by Crippen LogP contribution is -2.29. The molecule has 1 aromatic carbocycles. The largest absolute Gasteiger partial charge is 0.483 e. The van der Waals surface area contributed by atoms with Gasteiger partial charge in [0.2, 0.25) is 0 Å². The van der Waals surface area contributed by atoms with Gasteiger partial charge in [-0.15, -0.1) is 0 Å². The van der Waals surface area contributed by atoms with Crippen molar-refractivity contribution in [3.63, 3.8) is 0 Å². The Hall–Kier alpha value is -1.58. The number of nitriles is 1. The van der Waals surface area contributed by atoms with E-state index in [1.807, 2.05) is 25.1 Å². The van der Waals surface area contributed by atoms with E-state index in [0.29, 0.717) is 12.3 Å². The molecule has 0 bridgehead atoms. The van der Waals surface area contributed by atoms with Gasteiger partial charge in [0, 0.05) is 22.6 Å². The van der Waals surface area contributed by atoms with Crippen LogP contribution in [0.5, 0.6) is 5.75 Å². The summed E-state index contributed by atoms with van der Waals surface area (Å²) in [5.41, 5.74) is 6.68. The highest BCUT2D eigenvalue weighted by atomic mass is 79.9. The van der Waals surface area contributed by atoms with Crippen LogP contribution in [-0.4, -0.2) is 19.1 Å². The third-order valence-electron chi connectivity index (χ3n) is 2.38. The van der Waals surface area contributed by atoms with Crippen molar-refractivity contribution in [1.82, 2.24) is 5.32 Å². The Labute approximate surface area is 120 Å². The Morgan fingerprint density at radius 2 is 2.37 bits per heavy atom. The molecule has 0 fully saturated rings. The van der Waals surface area contributed by atoms with Crippen LogP contribution >= 0.6 is 15.9 Å². The molecule has 0 saturated carbocycles. The molecule has 5 nitrogen and oxygen atoms in total. The van der Waals surface area contributed by atoms with Crippen LogP contribution in [0.4, 0.5) is 0 Å². The van der Waals surface area contributed by atoms with Crippen molar-refractivity contribution < 1.29 is 9.53 Å². The normalized spacial score (nSPS) is 11.5. The molecule has 0 heterocycles. The van der Waals surface area contributed by atoms with Crippen LogP contribution in [0.2, 0.25) is 0 Å². The summed E-state index contributed by atoms with van der Waals surface area (Å²) < 4.78 is 6.32. The average Bonchev–Trinajstić information content (AvgIpc) is 2.36. The van der Waals surface area contributed by atoms with Crippen LogP contribution in [0.15, 0.2) is 22.7 Å². The van der Waals surface area contributed by atoms with E-state index in [0.717, 1.165) is 10.0 Å². The molecule has 1 atom stereocenters. The lowest BCUT2D eigenvalue weighted by Gasteiger charge is -2.14. The monoisotopic (exact) mass is 325 g/mol. The molecular formula is C13H16BrN3O2. The molecule has 1 aromatic rings. The van der Waals surface area contributed by atoms with Crippen molar-refractivity contribution in [2.45, 2.75) is 19.4 Å². The van der Waals surface area contributed by atoms with E-state index in [1.165, 1.54) is 0 Å². The number of carbonyl (C=O) groups is 1. The van der Waals surface area contributed by atoms with Crippen LogP contribution in [0.1, 0.15) is 24.9 Å². The summed E-state index contributed by atoms with van der Waals surface area (Å²) in [6.07, 6.45) is 0.285. The first-order valence-electron chi connectivity index (χ1n) is 5.86. The first-order chi connectivity index (χ1) is 9.04. The zero-order chi connectivity index (χ0) is 14.3. The zero-order valence-corrected chi connectivity index (χ0v) is 12.2. The Kier molecular flexibility index (Phi) is 6.33. The summed E-state index contributed by atoms with van der Waals surface area (Å²) in [7, 11) is 0. The predicted octanol–water partition coefficient (Wildman–Crippen LogP) is 1.88. The molecule has 3 N–H and O–H groups in total. The molecule has 0 radical (unpaired) electrons. The third kappa shape index (κ3) is 5.28. The van der Waals surface area contributed by atoms with E-state index in [4.69, 9.17) is 15.7 Å². The molecule has 0 aliphatic rings. The van der Waals surface area contributed by atoms with Crippen LogP contribution < -0.4 is 15.8 Å². The number of nitrogens with one attached hydrogen (secondary N) is 1. The number of ether oxygens (including phenoxy) is 1. The minimum absolute atomic E-state index is 0.0956. The van der Waals surface area contributed by atoms with Gasteiger partial charge < -0.3 is 15.8 Å². The first kappa shape index (κ1) is 15.5. The fourth-order valence-electron chi connectivity index (χ4n) is 1.46. The highest BCUT2D eigenvalue weighted by molar-refractivity contribution is 9.10. The molecule has 1 amide bonds. The van der Waals surface area contributed by atoms with Gasteiger partial charge in [0.1, 0.15) is 5.75 Å². The molecular weight excluding hydrogens is 310 g/mol. The number of hydrogen-bond acceptors (Lipinski definition) is 4. The number of nitrogens with zero attached hydrogens (tertiary/aromatic N) is 1. The fraction of sp³-hybridized carbons (Fsp3) is 0.385. The van der Waals surface area contributed by atoms with E-state index >= 15 is 0 Å². The van der Waals surface area contributed by atoms with E-state index < -0.39 is 0 Å². The van der Waals surface area contributed by atoms with Gasteiger partial charge in [-0.1, -0.05) is 22.0 Å². The van der Waals surface area contributed by atoms with Gasteiger partial charge >= 0.3 is 0 Å². The van der Waals surface area contributed by atoms with Crippen LogP contribution in [0, 0.1) is 11.3 Å². The number of carbonyl (C=O) groups excluding carboxylic acids is 1. The summed E-state index contributed by atoms with van der Waals surface area (Å²) in [6.45, 7) is 2.09. The van der Waals surface area contributed by atoms with Crippen molar-refractivity contribution in [3.8, 4) is 11.8 Å². The molecule has 0 saturated heterocycles. The van der Waals surface area contributed by atoms with E-state index in [2.05, 4.69) is 21.2 Å². The number of rotatable bonds is 6. The van der Waals surface area contributed by atoms with E-state index in [-0.39, 0.29) is 25.0 Å². The number of nitrogens with two attached hydrogens (primary N) is 1. The standard InChI is InChI=1S/C13H16BrN3O2/c1-9(16)11-4-3-10(14)7-12(11)19-8-13(18)17-6-2-5-15/h3-4,7,9H,2,6,8,16H2,1H3,(H,17,18)/t9-/m1/s1. The summed E-state index contributed by atoms with van der Waals surface area (Å²) in [6, 6.07) is 7.29. The summed E-state index contributed by atoms with van der Waals surface area (Å²) in [4.78, 5) is 11.5. The van der Waals surface area contributed by atoms with Crippen molar-refractivity contribution >= 4 is 21.8 Å². The Bertz CT molecular complexity index is 483. The fourth-order valence-corrected chi connectivity index (χ4v) is 1.80. The smallest absolute Gasteiger partial charge is 0.257 e. The molecule has 0 spiro atoms. The maximum absolute atomic E-state index is 11.5. The molecule has 0 aliphatic carbocycles. The minimum Gasteiger partial charge on any atom is -0.483 e. The number of benzene rings is 1. The Morgan fingerprint density at radius 3 is 3.00 bits per heavy atom. The summed E-state index contributed by atoms with van der Waals surface area (Å²) in [5.74, 6) is 0.325. The van der Waals surface area contributed by atoms with Crippen molar-refractivity contribution in [1.29, 1.82) is 5.26 Å². The lowest BCUT2D eigenvalue weighted by atomic mass is 10.1. The zero-order valence-electron chi connectivity index (χ0n) is 10.6. The molecule has 102 valence electrons. The second-order valence-corrected chi connectivity index (χ2v) is 4.93. The lowest BCUT2D eigenvalue weighted by molar-refractivity contribution is -0.123. The second-order valence-electron chi connectivity index (χ2n) is 4.02. The van der Waals surface area contributed by atoms with Crippen LogP contribution in [0.25, 0.3) is 0 Å². The van der Waals surface area contributed by atoms with Crippen molar-refractivity contribution in [2.75, 3.05) is 13.2 Å². The van der Waals surface area contributed by atoms with Gasteiger partial charge in [-0.2, -0.15) is 5.26 Å². The van der Waals surface area contributed by atoms with Gasteiger partial charge in [0.25, 0.3) is 5.91 Å². The van der Waals surface area contributed by atoms with E-state index in [1.54, 1.807) is 6.07 Å². The van der Waals surface area contributed by atoms with Crippen molar-refractivity contribution in [3.05, 3.63) is 28.2 Å². The average molecular weight is 326 g/mol. The Balaban J connectivity index is 2.59. The topological polar surface area (TPSA) is 88.1 Å². The van der Waals surface area contributed by atoms with Crippen LogP contribution in [-0.2, 0) is 4.79 Å². The van der Waals surface area contributed by atoms with Gasteiger partial charge in [-0.05, 0) is 19.1 Å². The predicted molar refractivity (Wildman–Crippen MR) is 75.5 cm³/mol. The molecule has 1 rings (SSSR count). The van der Waals surface area contributed by atoms with Crippen molar-refractivity contribution in [2.24, 2.45) is 5.73 Å². The Morgan fingerprint density at radius 1 is 1.63 bits per heavy atom. The number of hydrogen-bond donors (Lipinski definition) is 2. The van der Waals surface area contributed by atoms with Gasteiger partial charge in [-0.25, -0.2) is 0 Å². The van der Waals surface area contributed by atoms with Crippen LogP contribution in [0.3, 0.4) is 0 Å². The number of halogens is 1. The maximum Gasteiger partial charge on any atom is 0.257 e. The first-order valence-corrected chi connectivity index (χ1v) is 6.65. The molecule has 0 aliphatic heterocycles. The highest BCUT2D eigenvalue weighted by Gasteiger charge is 2.10. The maximum atomic E-state index is 11.5.